The minimum absolute atomic E-state index is 0.169. The second-order valence-corrected chi connectivity index (χ2v) is 4.35. The number of carbonyl (C=O) groups is 1. The molecule has 0 aromatic carbocycles. The highest BCUT2D eigenvalue weighted by Crippen LogP contribution is 2.06. The molecule has 0 aromatic heterocycles. The van der Waals surface area contributed by atoms with Crippen LogP contribution in [0, 0.1) is 0 Å². The van der Waals surface area contributed by atoms with E-state index in [-0.39, 0.29) is 5.91 Å². The van der Waals surface area contributed by atoms with Gasteiger partial charge in [-0.05, 0) is 19.9 Å². The first-order valence-electron chi connectivity index (χ1n) is 5.91. The molecular formula is C11H23N3O2. The van der Waals surface area contributed by atoms with E-state index in [1.54, 1.807) is 4.90 Å². The van der Waals surface area contributed by atoms with E-state index in [2.05, 4.69) is 11.8 Å². The first kappa shape index (κ1) is 13.4. The predicted octanol–water partition coefficient (Wildman–Crippen LogP) is -0.486. The Bertz CT molecular complexity index is 223. The summed E-state index contributed by atoms with van der Waals surface area (Å²) < 4.78 is 5.34. The van der Waals surface area contributed by atoms with Crippen LogP contribution in [0.2, 0.25) is 0 Å². The molecule has 5 heteroatoms. The van der Waals surface area contributed by atoms with Crippen molar-refractivity contribution < 1.29 is 9.53 Å². The molecule has 5 nitrogen and oxygen atoms in total. The van der Waals surface area contributed by atoms with Gasteiger partial charge in [-0.3, -0.25) is 9.69 Å². The van der Waals surface area contributed by atoms with Crippen LogP contribution in [0.4, 0.5) is 0 Å². The topological polar surface area (TPSA) is 58.8 Å². The molecule has 1 rings (SSSR count). The lowest BCUT2D eigenvalue weighted by molar-refractivity contribution is -0.133. The van der Waals surface area contributed by atoms with Crippen molar-refractivity contribution in [1.29, 1.82) is 0 Å². The van der Waals surface area contributed by atoms with E-state index in [1.807, 2.05) is 7.05 Å². The lowest BCUT2D eigenvalue weighted by Gasteiger charge is -2.33. The van der Waals surface area contributed by atoms with E-state index in [4.69, 9.17) is 10.5 Å². The number of nitrogens with two attached hydrogens (primary N) is 1. The van der Waals surface area contributed by atoms with Crippen LogP contribution >= 0.6 is 0 Å². The van der Waals surface area contributed by atoms with E-state index in [0.29, 0.717) is 19.1 Å². The fourth-order valence-electron chi connectivity index (χ4n) is 1.74. The number of hydrogen-bond acceptors (Lipinski definition) is 4. The molecule has 1 heterocycles. The molecule has 0 radical (unpaired) electrons. The van der Waals surface area contributed by atoms with Gasteiger partial charge in [0.15, 0.2) is 0 Å². The largest absolute Gasteiger partial charge is 0.379 e. The minimum Gasteiger partial charge on any atom is -0.379 e. The summed E-state index contributed by atoms with van der Waals surface area (Å²) in [6.45, 7) is 6.25. The maximum atomic E-state index is 11.9. The Labute approximate surface area is 97.5 Å². The highest BCUT2D eigenvalue weighted by molar-refractivity contribution is 5.78. The molecular weight excluding hydrogens is 206 g/mol. The van der Waals surface area contributed by atoms with Gasteiger partial charge in [-0.25, -0.2) is 0 Å². The van der Waals surface area contributed by atoms with Crippen molar-refractivity contribution in [2.75, 3.05) is 46.4 Å². The first-order valence-corrected chi connectivity index (χ1v) is 5.91. The van der Waals surface area contributed by atoms with Gasteiger partial charge in [0.1, 0.15) is 0 Å². The molecule has 16 heavy (non-hydrogen) atoms. The molecule has 0 aromatic rings. The molecule has 0 spiro atoms. The second kappa shape index (κ2) is 6.83. The van der Waals surface area contributed by atoms with Crippen LogP contribution in [0.3, 0.4) is 0 Å². The highest BCUT2D eigenvalue weighted by atomic mass is 16.5. The maximum Gasteiger partial charge on any atom is 0.236 e. The zero-order chi connectivity index (χ0) is 12.0. The van der Waals surface area contributed by atoms with Gasteiger partial charge < -0.3 is 15.4 Å². The standard InChI is InChI=1S/C11H23N3O2/c1-10-9-16-7-6-14(10)8-11(15)13(2)5-3-4-12/h10H,3-9,12H2,1-2H3. The number of morpholine rings is 1. The normalized spacial score (nSPS) is 22.1. The van der Waals surface area contributed by atoms with Crippen molar-refractivity contribution >= 4 is 5.91 Å². The summed E-state index contributed by atoms with van der Waals surface area (Å²) in [6.07, 6.45) is 0.862. The second-order valence-electron chi connectivity index (χ2n) is 4.35. The fraction of sp³-hybridized carbons (Fsp3) is 0.909. The average Bonchev–Trinajstić information content (AvgIpc) is 2.28. The third kappa shape index (κ3) is 4.08. The Morgan fingerprint density at radius 3 is 3.00 bits per heavy atom. The Hall–Kier alpha value is -0.650. The molecule has 0 bridgehead atoms. The Morgan fingerprint density at radius 2 is 2.38 bits per heavy atom. The quantitative estimate of drug-likeness (QED) is 0.691. The average molecular weight is 229 g/mol. The van der Waals surface area contributed by atoms with Crippen molar-refractivity contribution in [1.82, 2.24) is 9.80 Å². The zero-order valence-electron chi connectivity index (χ0n) is 10.3. The van der Waals surface area contributed by atoms with Crippen molar-refractivity contribution in [3.8, 4) is 0 Å². The van der Waals surface area contributed by atoms with Gasteiger partial charge in [-0.2, -0.15) is 0 Å². The number of ether oxygens (including phenoxy) is 1. The van der Waals surface area contributed by atoms with E-state index in [0.717, 1.165) is 32.7 Å². The molecule has 1 aliphatic rings. The number of hydrogen-bond donors (Lipinski definition) is 1. The Morgan fingerprint density at radius 1 is 1.62 bits per heavy atom. The van der Waals surface area contributed by atoms with Gasteiger partial charge in [-0.1, -0.05) is 0 Å². The Balaban J connectivity index is 2.31. The molecule has 1 atom stereocenters. The molecule has 0 aliphatic carbocycles. The van der Waals surface area contributed by atoms with Gasteiger partial charge in [-0.15, -0.1) is 0 Å². The van der Waals surface area contributed by atoms with E-state index in [9.17, 15) is 4.79 Å². The first-order chi connectivity index (χ1) is 7.65. The van der Waals surface area contributed by atoms with Crippen LogP contribution in [0.1, 0.15) is 13.3 Å². The number of amides is 1. The predicted molar refractivity (Wildman–Crippen MR) is 63.2 cm³/mol. The van der Waals surface area contributed by atoms with Crippen molar-refractivity contribution in [3.05, 3.63) is 0 Å². The number of likely N-dealkylation sites (N-methyl/N-ethyl adjacent to an activating group) is 1. The molecule has 0 saturated carbocycles. The molecule has 1 unspecified atom stereocenters. The molecule has 1 amide bonds. The van der Waals surface area contributed by atoms with Crippen LogP contribution in [-0.2, 0) is 9.53 Å². The summed E-state index contributed by atoms with van der Waals surface area (Å²) in [7, 11) is 1.84. The molecule has 2 N–H and O–H groups in total. The summed E-state index contributed by atoms with van der Waals surface area (Å²) in [5.74, 6) is 0.169. The lowest BCUT2D eigenvalue weighted by atomic mass is 10.2. The monoisotopic (exact) mass is 229 g/mol. The molecule has 1 aliphatic heterocycles. The fourth-order valence-corrected chi connectivity index (χ4v) is 1.74. The minimum atomic E-state index is 0.169. The third-order valence-corrected chi connectivity index (χ3v) is 2.97. The van der Waals surface area contributed by atoms with Gasteiger partial charge >= 0.3 is 0 Å². The van der Waals surface area contributed by atoms with Crippen LogP contribution in [0.5, 0.6) is 0 Å². The summed E-state index contributed by atoms with van der Waals surface area (Å²) in [4.78, 5) is 15.8. The van der Waals surface area contributed by atoms with Crippen molar-refractivity contribution in [2.24, 2.45) is 5.73 Å². The highest BCUT2D eigenvalue weighted by Gasteiger charge is 2.22. The zero-order valence-corrected chi connectivity index (χ0v) is 10.3. The Kier molecular flexibility index (Phi) is 5.73. The van der Waals surface area contributed by atoms with E-state index < -0.39 is 0 Å². The third-order valence-electron chi connectivity index (χ3n) is 2.97. The lowest BCUT2D eigenvalue weighted by Crippen LogP contribution is -2.48. The van der Waals surface area contributed by atoms with Crippen molar-refractivity contribution in [2.45, 2.75) is 19.4 Å². The molecule has 1 fully saturated rings. The van der Waals surface area contributed by atoms with E-state index in [1.165, 1.54) is 0 Å². The summed E-state index contributed by atoms with van der Waals surface area (Å²) in [5, 5.41) is 0. The van der Waals surface area contributed by atoms with Gasteiger partial charge in [0.25, 0.3) is 0 Å². The van der Waals surface area contributed by atoms with Crippen LogP contribution in [0.25, 0.3) is 0 Å². The van der Waals surface area contributed by atoms with Gasteiger partial charge in [0.2, 0.25) is 5.91 Å². The summed E-state index contributed by atoms with van der Waals surface area (Å²) in [5.41, 5.74) is 5.42. The van der Waals surface area contributed by atoms with Crippen LogP contribution in [-0.4, -0.2) is 68.2 Å². The number of carbonyl (C=O) groups excluding carboxylic acids is 1. The maximum absolute atomic E-state index is 11.9. The van der Waals surface area contributed by atoms with Gasteiger partial charge in [0, 0.05) is 26.2 Å². The van der Waals surface area contributed by atoms with Gasteiger partial charge in [0.05, 0.1) is 19.8 Å². The van der Waals surface area contributed by atoms with E-state index >= 15 is 0 Å². The number of nitrogens with zero attached hydrogens (tertiary/aromatic N) is 2. The van der Waals surface area contributed by atoms with Crippen molar-refractivity contribution in [3.63, 3.8) is 0 Å². The smallest absolute Gasteiger partial charge is 0.236 e. The summed E-state index contributed by atoms with van der Waals surface area (Å²) >= 11 is 0. The van der Waals surface area contributed by atoms with Crippen LogP contribution < -0.4 is 5.73 Å². The number of rotatable bonds is 5. The summed E-state index contributed by atoms with van der Waals surface area (Å²) in [6, 6.07) is 0.334. The molecule has 94 valence electrons. The SMILES string of the molecule is CC1COCCN1CC(=O)N(C)CCCN. The molecule has 1 saturated heterocycles. The van der Waals surface area contributed by atoms with Crippen LogP contribution in [0.15, 0.2) is 0 Å².